The minimum atomic E-state index is 0.112. The largest absolute Gasteiger partial charge is 0.271 e. The zero-order valence-electron chi connectivity index (χ0n) is 11.6. The van der Waals surface area contributed by atoms with Crippen LogP contribution < -0.4 is 11.3 Å². The summed E-state index contributed by atoms with van der Waals surface area (Å²) < 4.78 is 1.10. The van der Waals surface area contributed by atoms with Crippen LogP contribution in [0.15, 0.2) is 71.2 Å². The van der Waals surface area contributed by atoms with Crippen molar-refractivity contribution in [2.45, 2.75) is 12.5 Å². The first kappa shape index (κ1) is 14.3. The van der Waals surface area contributed by atoms with E-state index in [0.29, 0.717) is 0 Å². The molecule has 0 spiro atoms. The minimum absolute atomic E-state index is 0.112. The predicted octanol–water partition coefficient (Wildman–Crippen LogP) is 4.35. The van der Waals surface area contributed by atoms with Crippen LogP contribution >= 0.6 is 15.9 Å². The summed E-state index contributed by atoms with van der Waals surface area (Å²) >= 11 is 3.51. The normalized spacial score (nSPS) is 12.5. The first-order valence-electron chi connectivity index (χ1n) is 6.95. The van der Waals surface area contributed by atoms with E-state index in [9.17, 15) is 0 Å². The van der Waals surface area contributed by atoms with Gasteiger partial charge in [-0.3, -0.25) is 11.3 Å². The van der Waals surface area contributed by atoms with Gasteiger partial charge in [-0.25, -0.2) is 0 Å². The van der Waals surface area contributed by atoms with Crippen molar-refractivity contribution in [1.29, 1.82) is 0 Å². The van der Waals surface area contributed by atoms with Gasteiger partial charge < -0.3 is 0 Å². The molecule has 1 unspecified atom stereocenters. The van der Waals surface area contributed by atoms with Crippen molar-refractivity contribution in [3.05, 3.63) is 82.3 Å². The standard InChI is InChI=1S/C18H17BrN2/c19-17-9-8-14-11-16(7-6-15(14)12-17)18(21-20)10-13-4-2-1-3-5-13/h1-9,11-12,18,21H,10,20H2. The molecule has 3 N–H and O–H groups in total. The molecule has 0 fully saturated rings. The summed E-state index contributed by atoms with van der Waals surface area (Å²) in [6, 6.07) is 23.3. The van der Waals surface area contributed by atoms with Crippen LogP contribution in [0, 0.1) is 0 Å². The topological polar surface area (TPSA) is 38.0 Å². The lowest BCUT2D eigenvalue weighted by Crippen LogP contribution is -2.29. The fraction of sp³-hybridized carbons (Fsp3) is 0.111. The molecular formula is C18H17BrN2. The number of rotatable bonds is 4. The third-order valence-corrected chi connectivity index (χ3v) is 4.21. The molecule has 2 nitrogen and oxygen atoms in total. The van der Waals surface area contributed by atoms with Gasteiger partial charge in [0.25, 0.3) is 0 Å². The van der Waals surface area contributed by atoms with Crippen LogP contribution in [0.2, 0.25) is 0 Å². The molecule has 21 heavy (non-hydrogen) atoms. The highest BCUT2D eigenvalue weighted by Gasteiger charge is 2.11. The van der Waals surface area contributed by atoms with Gasteiger partial charge in [-0.1, -0.05) is 64.5 Å². The number of halogens is 1. The van der Waals surface area contributed by atoms with E-state index in [1.54, 1.807) is 0 Å². The predicted molar refractivity (Wildman–Crippen MR) is 91.9 cm³/mol. The lowest BCUT2D eigenvalue weighted by atomic mass is 9.97. The van der Waals surface area contributed by atoms with Gasteiger partial charge in [0.05, 0.1) is 6.04 Å². The van der Waals surface area contributed by atoms with E-state index in [4.69, 9.17) is 5.84 Å². The van der Waals surface area contributed by atoms with Gasteiger partial charge >= 0.3 is 0 Å². The average molecular weight is 341 g/mol. The van der Waals surface area contributed by atoms with Crippen LogP contribution in [0.25, 0.3) is 10.8 Å². The smallest absolute Gasteiger partial charge is 0.0500 e. The maximum absolute atomic E-state index is 5.76. The van der Waals surface area contributed by atoms with Crippen molar-refractivity contribution in [3.8, 4) is 0 Å². The molecule has 0 saturated carbocycles. The third kappa shape index (κ3) is 3.32. The van der Waals surface area contributed by atoms with E-state index in [0.717, 1.165) is 10.9 Å². The molecule has 3 heteroatoms. The Morgan fingerprint density at radius 3 is 2.38 bits per heavy atom. The summed E-state index contributed by atoms with van der Waals surface area (Å²) in [5.41, 5.74) is 5.41. The van der Waals surface area contributed by atoms with Gasteiger partial charge in [0.15, 0.2) is 0 Å². The molecule has 0 amide bonds. The molecule has 0 aromatic heterocycles. The second-order valence-corrected chi connectivity index (χ2v) is 6.08. The molecule has 3 aromatic rings. The fourth-order valence-corrected chi connectivity index (χ4v) is 2.95. The Morgan fingerprint density at radius 1 is 0.905 bits per heavy atom. The summed E-state index contributed by atoms with van der Waals surface area (Å²) in [7, 11) is 0. The van der Waals surface area contributed by atoms with E-state index in [1.807, 2.05) is 6.07 Å². The monoisotopic (exact) mass is 340 g/mol. The van der Waals surface area contributed by atoms with Crippen LogP contribution in [0.3, 0.4) is 0 Å². The van der Waals surface area contributed by atoms with E-state index < -0.39 is 0 Å². The van der Waals surface area contributed by atoms with Crippen molar-refractivity contribution < 1.29 is 0 Å². The summed E-state index contributed by atoms with van der Waals surface area (Å²) in [5, 5.41) is 2.45. The molecule has 0 aliphatic carbocycles. The molecule has 3 rings (SSSR count). The van der Waals surface area contributed by atoms with Gasteiger partial charge in [-0.2, -0.15) is 0 Å². The number of fused-ring (bicyclic) bond motifs is 1. The van der Waals surface area contributed by atoms with Gasteiger partial charge in [-0.15, -0.1) is 0 Å². The third-order valence-electron chi connectivity index (χ3n) is 3.71. The van der Waals surface area contributed by atoms with E-state index >= 15 is 0 Å². The van der Waals surface area contributed by atoms with Crippen LogP contribution in [-0.4, -0.2) is 0 Å². The van der Waals surface area contributed by atoms with Crippen molar-refractivity contribution >= 4 is 26.7 Å². The van der Waals surface area contributed by atoms with Crippen molar-refractivity contribution in [1.82, 2.24) is 5.43 Å². The highest BCUT2D eigenvalue weighted by Crippen LogP contribution is 2.25. The molecule has 0 aliphatic rings. The zero-order valence-corrected chi connectivity index (χ0v) is 13.2. The Morgan fingerprint density at radius 2 is 1.62 bits per heavy atom. The molecule has 0 aliphatic heterocycles. The number of benzene rings is 3. The number of hydrogen-bond donors (Lipinski definition) is 2. The minimum Gasteiger partial charge on any atom is -0.271 e. The fourth-order valence-electron chi connectivity index (χ4n) is 2.57. The van der Waals surface area contributed by atoms with E-state index in [2.05, 4.69) is 82.0 Å². The van der Waals surface area contributed by atoms with Crippen LogP contribution in [0.4, 0.5) is 0 Å². The number of nitrogens with two attached hydrogens (primary N) is 1. The second kappa shape index (κ2) is 6.39. The van der Waals surface area contributed by atoms with Crippen LogP contribution in [0.5, 0.6) is 0 Å². The van der Waals surface area contributed by atoms with Crippen LogP contribution in [-0.2, 0) is 6.42 Å². The lowest BCUT2D eigenvalue weighted by molar-refractivity contribution is 0.552. The summed E-state index contributed by atoms with van der Waals surface area (Å²) in [6.07, 6.45) is 0.874. The number of nitrogens with one attached hydrogen (secondary N) is 1. The van der Waals surface area contributed by atoms with Crippen molar-refractivity contribution in [2.75, 3.05) is 0 Å². The first-order chi connectivity index (χ1) is 10.3. The summed E-state index contributed by atoms with van der Waals surface area (Å²) in [5.74, 6) is 5.76. The Kier molecular flexibility index (Phi) is 4.34. The van der Waals surface area contributed by atoms with Crippen LogP contribution in [0.1, 0.15) is 17.2 Å². The molecule has 1 atom stereocenters. The summed E-state index contributed by atoms with van der Waals surface area (Å²) in [4.78, 5) is 0. The quantitative estimate of drug-likeness (QED) is 0.547. The van der Waals surface area contributed by atoms with Gasteiger partial charge in [-0.05, 0) is 46.5 Å². The number of hydrogen-bond acceptors (Lipinski definition) is 2. The molecule has 0 bridgehead atoms. The van der Waals surface area contributed by atoms with E-state index in [-0.39, 0.29) is 6.04 Å². The SMILES string of the molecule is NNC(Cc1ccccc1)c1ccc2cc(Br)ccc2c1. The highest BCUT2D eigenvalue weighted by atomic mass is 79.9. The molecule has 3 aromatic carbocycles. The Hall–Kier alpha value is -1.68. The maximum atomic E-state index is 5.76. The maximum Gasteiger partial charge on any atom is 0.0500 e. The molecule has 0 saturated heterocycles. The second-order valence-electron chi connectivity index (χ2n) is 5.16. The van der Waals surface area contributed by atoms with Crippen molar-refractivity contribution in [2.24, 2.45) is 5.84 Å². The molecule has 0 heterocycles. The highest BCUT2D eigenvalue weighted by molar-refractivity contribution is 9.10. The summed E-state index contributed by atoms with van der Waals surface area (Å²) in [6.45, 7) is 0. The molecule has 0 radical (unpaired) electrons. The number of hydrazine groups is 1. The Bertz CT molecular complexity index is 741. The van der Waals surface area contributed by atoms with Gasteiger partial charge in [0, 0.05) is 4.47 Å². The molecular weight excluding hydrogens is 324 g/mol. The molecule has 106 valence electrons. The van der Waals surface area contributed by atoms with Crippen molar-refractivity contribution in [3.63, 3.8) is 0 Å². The Balaban J connectivity index is 1.91. The first-order valence-corrected chi connectivity index (χ1v) is 7.75. The van der Waals surface area contributed by atoms with Gasteiger partial charge in [0.1, 0.15) is 0 Å². The zero-order chi connectivity index (χ0) is 14.7. The lowest BCUT2D eigenvalue weighted by Gasteiger charge is -2.17. The average Bonchev–Trinajstić information content (AvgIpc) is 2.53. The Labute approximate surface area is 133 Å². The van der Waals surface area contributed by atoms with Gasteiger partial charge in [0.2, 0.25) is 0 Å². The van der Waals surface area contributed by atoms with E-state index in [1.165, 1.54) is 21.9 Å².